The minimum absolute atomic E-state index is 0.280. The van der Waals surface area contributed by atoms with Crippen molar-refractivity contribution in [2.45, 2.75) is 32.6 Å². The molecule has 2 aromatic carbocycles. The molecule has 23 heavy (non-hydrogen) atoms. The topological polar surface area (TPSA) is 50.5 Å². The molecule has 2 aromatic rings. The first-order valence-electron chi connectivity index (χ1n) is 8.19. The van der Waals surface area contributed by atoms with Gasteiger partial charge in [-0.1, -0.05) is 12.1 Å². The van der Waals surface area contributed by atoms with Gasteiger partial charge in [-0.2, -0.15) is 0 Å². The zero-order valence-corrected chi connectivity index (χ0v) is 13.8. The third kappa shape index (κ3) is 4.17. The van der Waals surface area contributed by atoms with Gasteiger partial charge in [-0.25, -0.2) is 0 Å². The summed E-state index contributed by atoms with van der Waals surface area (Å²) in [6, 6.07) is 16.6. The fourth-order valence-corrected chi connectivity index (χ4v) is 3.02. The van der Waals surface area contributed by atoms with Crippen LogP contribution in [0.1, 0.15) is 19.4 Å². The number of nitrogens with two attached hydrogens (primary N) is 1. The van der Waals surface area contributed by atoms with Gasteiger partial charge >= 0.3 is 0 Å². The Labute approximate surface area is 138 Å². The summed E-state index contributed by atoms with van der Waals surface area (Å²) in [5, 5.41) is 3.44. The lowest BCUT2D eigenvalue weighted by atomic mass is 10.1. The van der Waals surface area contributed by atoms with Crippen molar-refractivity contribution in [1.29, 1.82) is 0 Å². The summed E-state index contributed by atoms with van der Waals surface area (Å²) in [6.07, 6.45) is 0.559. The highest BCUT2D eigenvalue weighted by Gasteiger charge is 2.22. The molecule has 1 saturated heterocycles. The second kappa shape index (κ2) is 6.92. The maximum atomic E-state index is 5.79. The van der Waals surface area contributed by atoms with Crippen LogP contribution in [0.3, 0.4) is 0 Å². The van der Waals surface area contributed by atoms with Gasteiger partial charge in [0.2, 0.25) is 0 Å². The Hall–Kier alpha value is -2.20. The van der Waals surface area contributed by atoms with E-state index in [0.29, 0.717) is 0 Å². The summed E-state index contributed by atoms with van der Waals surface area (Å²) in [6.45, 7) is 6.95. The third-order valence-corrected chi connectivity index (χ3v) is 4.13. The zero-order valence-electron chi connectivity index (χ0n) is 13.8. The Bertz CT molecular complexity index is 614. The van der Waals surface area contributed by atoms with E-state index >= 15 is 0 Å². The number of ether oxygens (including phenoxy) is 1. The molecule has 1 aliphatic heterocycles. The molecule has 0 amide bonds. The predicted molar refractivity (Wildman–Crippen MR) is 96.8 cm³/mol. The van der Waals surface area contributed by atoms with E-state index in [2.05, 4.69) is 48.3 Å². The second-order valence-electron chi connectivity index (χ2n) is 6.30. The number of benzene rings is 2. The molecule has 4 heteroatoms. The molecule has 0 saturated carbocycles. The lowest BCUT2D eigenvalue weighted by Gasteiger charge is -2.36. The Morgan fingerprint density at radius 2 is 1.61 bits per heavy atom. The molecule has 122 valence electrons. The number of nitrogens with zero attached hydrogens (tertiary/aromatic N) is 1. The van der Waals surface area contributed by atoms with Crippen LogP contribution < -0.4 is 16.0 Å². The first-order valence-corrected chi connectivity index (χ1v) is 8.19. The van der Waals surface area contributed by atoms with E-state index in [1.807, 2.05) is 24.3 Å². The van der Waals surface area contributed by atoms with Gasteiger partial charge in [0.15, 0.2) is 0 Å². The first kappa shape index (κ1) is 15.7. The largest absolute Gasteiger partial charge is 0.399 e. The van der Waals surface area contributed by atoms with Gasteiger partial charge in [0.1, 0.15) is 0 Å². The van der Waals surface area contributed by atoms with Gasteiger partial charge in [0.25, 0.3) is 0 Å². The van der Waals surface area contributed by atoms with E-state index in [9.17, 15) is 0 Å². The van der Waals surface area contributed by atoms with Crippen molar-refractivity contribution in [3.05, 3.63) is 54.1 Å². The number of rotatable bonds is 4. The molecule has 0 aromatic heterocycles. The first-order chi connectivity index (χ1) is 11.1. The van der Waals surface area contributed by atoms with E-state index in [1.165, 1.54) is 11.3 Å². The van der Waals surface area contributed by atoms with Crippen LogP contribution >= 0.6 is 0 Å². The highest BCUT2D eigenvalue weighted by Crippen LogP contribution is 2.22. The quantitative estimate of drug-likeness (QED) is 0.849. The minimum atomic E-state index is 0.280. The van der Waals surface area contributed by atoms with Crippen molar-refractivity contribution in [3.63, 3.8) is 0 Å². The smallest absolute Gasteiger partial charge is 0.0726 e. The van der Waals surface area contributed by atoms with Crippen LogP contribution in [-0.4, -0.2) is 25.3 Å². The molecular formula is C19H25N3O. The van der Waals surface area contributed by atoms with Gasteiger partial charge < -0.3 is 20.7 Å². The summed E-state index contributed by atoms with van der Waals surface area (Å²) in [7, 11) is 0. The maximum absolute atomic E-state index is 5.79. The van der Waals surface area contributed by atoms with E-state index in [0.717, 1.165) is 31.0 Å². The molecule has 0 spiro atoms. The molecule has 0 bridgehead atoms. The van der Waals surface area contributed by atoms with Crippen LogP contribution in [0.5, 0.6) is 0 Å². The number of anilines is 3. The van der Waals surface area contributed by atoms with E-state index in [4.69, 9.17) is 10.5 Å². The van der Waals surface area contributed by atoms with Gasteiger partial charge in [0, 0.05) is 36.7 Å². The number of nitrogen functional groups attached to an aromatic ring is 1. The Balaban J connectivity index is 1.59. The van der Waals surface area contributed by atoms with E-state index in [-0.39, 0.29) is 12.2 Å². The molecule has 1 fully saturated rings. The number of hydrogen-bond acceptors (Lipinski definition) is 4. The molecule has 1 heterocycles. The summed E-state index contributed by atoms with van der Waals surface area (Å²) < 4.78 is 5.79. The van der Waals surface area contributed by atoms with Gasteiger partial charge in [0.05, 0.1) is 12.2 Å². The van der Waals surface area contributed by atoms with Crippen molar-refractivity contribution in [2.24, 2.45) is 0 Å². The van der Waals surface area contributed by atoms with Crippen LogP contribution in [0.4, 0.5) is 17.1 Å². The fourth-order valence-electron chi connectivity index (χ4n) is 3.02. The molecule has 3 N–H and O–H groups in total. The highest BCUT2D eigenvalue weighted by atomic mass is 16.5. The fraction of sp³-hybridized carbons (Fsp3) is 0.368. The minimum Gasteiger partial charge on any atom is -0.399 e. The maximum Gasteiger partial charge on any atom is 0.0726 e. The molecule has 1 aliphatic rings. The monoisotopic (exact) mass is 311 g/mol. The number of nitrogens with one attached hydrogen (secondary N) is 1. The van der Waals surface area contributed by atoms with Crippen molar-refractivity contribution in [2.75, 3.05) is 29.0 Å². The van der Waals surface area contributed by atoms with E-state index in [1.54, 1.807) is 0 Å². The van der Waals surface area contributed by atoms with Crippen molar-refractivity contribution >= 4 is 17.1 Å². The SMILES string of the molecule is C[C@@H]1CN(c2ccc(NCc3ccc(N)cc3)cc2)C[C@H](C)O1. The van der Waals surface area contributed by atoms with Crippen LogP contribution in [0.25, 0.3) is 0 Å². The van der Waals surface area contributed by atoms with Crippen LogP contribution in [-0.2, 0) is 11.3 Å². The standard InChI is InChI=1S/C19H25N3O/c1-14-12-22(13-15(2)23-14)19-9-7-18(8-10-19)21-11-16-3-5-17(20)6-4-16/h3-10,14-15,21H,11-13,20H2,1-2H3/t14-,15+. The summed E-state index contributed by atoms with van der Waals surface area (Å²) in [5.74, 6) is 0. The molecule has 2 atom stereocenters. The average molecular weight is 311 g/mol. The second-order valence-corrected chi connectivity index (χ2v) is 6.30. The molecule has 0 radical (unpaired) electrons. The molecular weight excluding hydrogens is 286 g/mol. The highest BCUT2D eigenvalue weighted by molar-refractivity contribution is 5.55. The lowest BCUT2D eigenvalue weighted by molar-refractivity contribution is -0.00521. The number of morpholine rings is 1. The number of hydrogen-bond donors (Lipinski definition) is 2. The molecule has 0 unspecified atom stereocenters. The van der Waals surface area contributed by atoms with Crippen molar-refractivity contribution in [3.8, 4) is 0 Å². The van der Waals surface area contributed by atoms with Gasteiger partial charge in [-0.15, -0.1) is 0 Å². The Morgan fingerprint density at radius 3 is 2.22 bits per heavy atom. The van der Waals surface area contributed by atoms with Crippen LogP contribution in [0.2, 0.25) is 0 Å². The molecule has 4 nitrogen and oxygen atoms in total. The summed E-state index contributed by atoms with van der Waals surface area (Å²) in [5.41, 5.74) is 10.1. The van der Waals surface area contributed by atoms with Crippen molar-refractivity contribution < 1.29 is 4.74 Å². The predicted octanol–water partition coefficient (Wildman–Crippen LogP) is 3.49. The van der Waals surface area contributed by atoms with Crippen LogP contribution in [0.15, 0.2) is 48.5 Å². The van der Waals surface area contributed by atoms with Crippen LogP contribution in [0, 0.1) is 0 Å². The van der Waals surface area contributed by atoms with E-state index < -0.39 is 0 Å². The average Bonchev–Trinajstić information content (AvgIpc) is 2.54. The summed E-state index contributed by atoms with van der Waals surface area (Å²) in [4.78, 5) is 2.39. The summed E-state index contributed by atoms with van der Waals surface area (Å²) >= 11 is 0. The van der Waals surface area contributed by atoms with Gasteiger partial charge in [-0.3, -0.25) is 0 Å². The lowest BCUT2D eigenvalue weighted by Crippen LogP contribution is -2.45. The molecule has 0 aliphatic carbocycles. The van der Waals surface area contributed by atoms with Crippen molar-refractivity contribution in [1.82, 2.24) is 0 Å². The normalized spacial score (nSPS) is 21.2. The molecule has 3 rings (SSSR count). The Morgan fingerprint density at radius 1 is 1.00 bits per heavy atom. The van der Waals surface area contributed by atoms with Gasteiger partial charge in [-0.05, 0) is 55.8 Å². The Kier molecular flexibility index (Phi) is 4.72. The zero-order chi connectivity index (χ0) is 16.2. The third-order valence-electron chi connectivity index (χ3n) is 4.13.